The second-order valence-electron chi connectivity index (χ2n) is 5.01. The molecule has 1 N–H and O–H groups in total. The predicted octanol–water partition coefficient (Wildman–Crippen LogP) is 2.46. The van der Waals surface area contributed by atoms with Crippen LogP contribution in [0.1, 0.15) is 36.1 Å². The summed E-state index contributed by atoms with van der Waals surface area (Å²) in [6.07, 6.45) is 0.0571. The molecule has 4 nitrogen and oxygen atoms in total. The fourth-order valence-corrected chi connectivity index (χ4v) is 2.13. The smallest absolute Gasteiger partial charge is 0.261 e. The monoisotopic (exact) mass is 301 g/mol. The maximum absolute atomic E-state index is 12.0. The summed E-state index contributed by atoms with van der Waals surface area (Å²) in [6, 6.07) is 0. The zero-order valence-corrected chi connectivity index (χ0v) is 13.1. The Morgan fingerprint density at radius 1 is 1.10 bits per heavy atom. The summed E-state index contributed by atoms with van der Waals surface area (Å²) in [5.41, 5.74) is 3.09. The van der Waals surface area contributed by atoms with E-state index >= 15 is 0 Å². The lowest BCUT2D eigenvalue weighted by Crippen LogP contribution is -2.19. The lowest BCUT2D eigenvalue weighted by Gasteiger charge is -2.11. The molecule has 1 aromatic heterocycles. The van der Waals surface area contributed by atoms with Crippen molar-refractivity contribution >= 4 is 0 Å². The van der Waals surface area contributed by atoms with Gasteiger partial charge in [-0.1, -0.05) is 6.92 Å². The third-order valence-electron chi connectivity index (χ3n) is 3.16. The highest BCUT2D eigenvalue weighted by Crippen LogP contribution is 2.11. The van der Waals surface area contributed by atoms with Crippen molar-refractivity contribution in [3.05, 3.63) is 22.8 Å². The van der Waals surface area contributed by atoms with Crippen LogP contribution >= 0.6 is 0 Å². The maximum atomic E-state index is 12.0. The minimum absolute atomic E-state index is 0.223. The SMILES string of the molecule is CCCNCCc1c(C)nc(CCOCC(F)F)nc1C. The first-order chi connectivity index (χ1) is 10.0. The molecule has 0 atom stereocenters. The molecule has 1 heterocycles. The zero-order chi connectivity index (χ0) is 15.7. The van der Waals surface area contributed by atoms with E-state index in [-0.39, 0.29) is 6.61 Å². The molecule has 1 rings (SSSR count). The molecule has 0 saturated carbocycles. The van der Waals surface area contributed by atoms with E-state index in [2.05, 4.69) is 22.2 Å². The molecule has 120 valence electrons. The van der Waals surface area contributed by atoms with Gasteiger partial charge < -0.3 is 10.1 Å². The number of alkyl halides is 2. The maximum Gasteiger partial charge on any atom is 0.261 e. The molecule has 0 amide bonds. The highest BCUT2D eigenvalue weighted by atomic mass is 19.3. The normalized spacial score (nSPS) is 11.3. The van der Waals surface area contributed by atoms with Crippen LogP contribution in [0.3, 0.4) is 0 Å². The molecule has 1 aromatic rings. The van der Waals surface area contributed by atoms with E-state index in [1.54, 1.807) is 0 Å². The Hall–Kier alpha value is -1.14. The van der Waals surface area contributed by atoms with Gasteiger partial charge in [0.2, 0.25) is 0 Å². The second kappa shape index (κ2) is 9.73. The van der Waals surface area contributed by atoms with E-state index in [0.29, 0.717) is 12.2 Å². The van der Waals surface area contributed by atoms with Crippen molar-refractivity contribution in [3.63, 3.8) is 0 Å². The summed E-state index contributed by atoms with van der Waals surface area (Å²) in [4.78, 5) is 8.89. The van der Waals surface area contributed by atoms with Gasteiger partial charge in [-0.05, 0) is 45.3 Å². The summed E-state index contributed by atoms with van der Waals surface area (Å²) in [7, 11) is 0. The molecule has 0 saturated heterocycles. The Morgan fingerprint density at radius 2 is 1.76 bits per heavy atom. The van der Waals surface area contributed by atoms with Crippen LogP contribution in [-0.4, -0.2) is 42.7 Å². The van der Waals surface area contributed by atoms with E-state index in [1.807, 2.05) is 13.8 Å². The number of rotatable bonds is 10. The highest BCUT2D eigenvalue weighted by Gasteiger charge is 2.09. The van der Waals surface area contributed by atoms with Crippen LogP contribution in [-0.2, 0) is 17.6 Å². The van der Waals surface area contributed by atoms with Gasteiger partial charge in [0.25, 0.3) is 6.43 Å². The molecule has 0 spiro atoms. The molecule has 0 bridgehead atoms. The van der Waals surface area contributed by atoms with Crippen LogP contribution in [0.5, 0.6) is 0 Å². The summed E-state index contributed by atoms with van der Waals surface area (Å²) in [6.45, 7) is 7.69. The lowest BCUT2D eigenvalue weighted by atomic mass is 10.1. The number of nitrogens with zero attached hydrogens (tertiary/aromatic N) is 2. The molecule has 0 aliphatic carbocycles. The van der Waals surface area contributed by atoms with Gasteiger partial charge in [-0.15, -0.1) is 0 Å². The number of hydrogen-bond donors (Lipinski definition) is 1. The summed E-state index contributed by atoms with van der Waals surface area (Å²) in [5, 5.41) is 3.36. The van der Waals surface area contributed by atoms with Gasteiger partial charge in [0.1, 0.15) is 12.4 Å². The summed E-state index contributed by atoms with van der Waals surface area (Å²) < 4.78 is 28.8. The first-order valence-corrected chi connectivity index (χ1v) is 7.44. The predicted molar refractivity (Wildman–Crippen MR) is 78.9 cm³/mol. The number of nitrogens with one attached hydrogen (secondary N) is 1. The van der Waals surface area contributed by atoms with Gasteiger partial charge >= 0.3 is 0 Å². The Balaban J connectivity index is 2.50. The van der Waals surface area contributed by atoms with E-state index < -0.39 is 13.0 Å². The molecule has 0 fully saturated rings. The fourth-order valence-electron chi connectivity index (χ4n) is 2.13. The molecule has 0 unspecified atom stereocenters. The topological polar surface area (TPSA) is 47.0 Å². The van der Waals surface area contributed by atoms with E-state index in [4.69, 9.17) is 4.74 Å². The molecular weight excluding hydrogens is 276 g/mol. The van der Waals surface area contributed by atoms with Crippen molar-refractivity contribution in [2.24, 2.45) is 0 Å². The second-order valence-corrected chi connectivity index (χ2v) is 5.01. The molecule has 0 aliphatic heterocycles. The number of aryl methyl sites for hydroxylation is 2. The van der Waals surface area contributed by atoms with Crippen molar-refractivity contribution in [3.8, 4) is 0 Å². The van der Waals surface area contributed by atoms with Gasteiger partial charge in [-0.3, -0.25) is 0 Å². The minimum Gasteiger partial charge on any atom is -0.375 e. The number of ether oxygens (including phenoxy) is 1. The minimum atomic E-state index is -2.42. The Labute approximate surface area is 125 Å². The fraction of sp³-hybridized carbons (Fsp3) is 0.733. The standard InChI is InChI=1S/C15H25F2N3O/c1-4-7-18-8-5-13-11(2)19-15(20-12(13)3)6-9-21-10-14(16)17/h14,18H,4-10H2,1-3H3. The molecule has 6 heteroatoms. The third-order valence-corrected chi connectivity index (χ3v) is 3.16. The van der Waals surface area contributed by atoms with E-state index in [1.165, 1.54) is 0 Å². The molecule has 0 aromatic carbocycles. The Bertz CT molecular complexity index is 404. The molecule has 0 aliphatic rings. The first-order valence-electron chi connectivity index (χ1n) is 7.44. The number of halogens is 2. The number of hydrogen-bond acceptors (Lipinski definition) is 4. The van der Waals surface area contributed by atoms with Crippen LogP contribution in [0, 0.1) is 13.8 Å². The average Bonchev–Trinajstić information content (AvgIpc) is 2.42. The van der Waals surface area contributed by atoms with Gasteiger partial charge in [0, 0.05) is 17.8 Å². The van der Waals surface area contributed by atoms with Crippen LogP contribution < -0.4 is 5.32 Å². The van der Waals surface area contributed by atoms with Crippen LogP contribution in [0.4, 0.5) is 8.78 Å². The van der Waals surface area contributed by atoms with Gasteiger partial charge in [-0.2, -0.15) is 0 Å². The average molecular weight is 301 g/mol. The summed E-state index contributed by atoms with van der Waals surface area (Å²) in [5.74, 6) is 0.657. The molecular formula is C15H25F2N3O. The molecule has 0 radical (unpaired) electrons. The first kappa shape index (κ1) is 17.9. The Kier molecular flexibility index (Phi) is 8.30. The van der Waals surface area contributed by atoms with Crippen LogP contribution in [0.2, 0.25) is 0 Å². The quantitative estimate of drug-likeness (QED) is 0.674. The van der Waals surface area contributed by atoms with Gasteiger partial charge in [-0.25, -0.2) is 18.7 Å². The highest BCUT2D eigenvalue weighted by molar-refractivity contribution is 5.24. The van der Waals surface area contributed by atoms with E-state index in [0.717, 1.165) is 42.9 Å². The van der Waals surface area contributed by atoms with Crippen molar-refractivity contribution in [2.75, 3.05) is 26.3 Å². The van der Waals surface area contributed by atoms with Gasteiger partial charge in [0.05, 0.1) is 6.61 Å². The van der Waals surface area contributed by atoms with Gasteiger partial charge in [0.15, 0.2) is 0 Å². The van der Waals surface area contributed by atoms with Crippen LogP contribution in [0.25, 0.3) is 0 Å². The lowest BCUT2D eigenvalue weighted by molar-refractivity contribution is 0.0182. The largest absolute Gasteiger partial charge is 0.375 e. The third kappa shape index (κ3) is 6.91. The van der Waals surface area contributed by atoms with Crippen molar-refractivity contribution in [1.82, 2.24) is 15.3 Å². The number of aromatic nitrogens is 2. The van der Waals surface area contributed by atoms with Crippen molar-refractivity contribution in [1.29, 1.82) is 0 Å². The van der Waals surface area contributed by atoms with E-state index in [9.17, 15) is 8.78 Å². The Morgan fingerprint density at radius 3 is 2.33 bits per heavy atom. The van der Waals surface area contributed by atoms with Crippen molar-refractivity contribution < 1.29 is 13.5 Å². The van der Waals surface area contributed by atoms with Crippen LogP contribution in [0.15, 0.2) is 0 Å². The van der Waals surface area contributed by atoms with Crippen molar-refractivity contribution in [2.45, 2.75) is 46.5 Å². The summed E-state index contributed by atoms with van der Waals surface area (Å²) >= 11 is 0. The zero-order valence-electron chi connectivity index (χ0n) is 13.1. The molecule has 21 heavy (non-hydrogen) atoms.